The second-order valence-electron chi connectivity index (χ2n) is 5.51. The lowest BCUT2D eigenvalue weighted by Gasteiger charge is -2.27. The summed E-state index contributed by atoms with van der Waals surface area (Å²) < 4.78 is 0. The number of piperidine rings is 1. The number of rotatable bonds is 3. The van der Waals surface area contributed by atoms with E-state index in [0.29, 0.717) is 6.04 Å². The Kier molecular flexibility index (Phi) is 4.43. The lowest BCUT2D eigenvalue weighted by molar-refractivity contribution is -0.120. The second kappa shape index (κ2) is 6.06. The van der Waals surface area contributed by atoms with Gasteiger partial charge in [-0.25, -0.2) is 0 Å². The highest BCUT2D eigenvalue weighted by atomic mass is 16.1. The zero-order chi connectivity index (χ0) is 13.8. The van der Waals surface area contributed by atoms with Crippen molar-refractivity contribution in [2.75, 3.05) is 30.9 Å². The van der Waals surface area contributed by atoms with Gasteiger partial charge in [0.25, 0.3) is 0 Å². The molecule has 1 aliphatic rings. The fraction of sp³-hybridized carbons (Fsp3) is 0.533. The van der Waals surface area contributed by atoms with Gasteiger partial charge in [0.2, 0.25) is 5.91 Å². The number of hydrogen-bond donors (Lipinski definition) is 2. The Labute approximate surface area is 115 Å². The summed E-state index contributed by atoms with van der Waals surface area (Å²) >= 11 is 0. The van der Waals surface area contributed by atoms with E-state index in [1.54, 1.807) is 0 Å². The fourth-order valence-electron chi connectivity index (χ4n) is 2.46. The Hall–Kier alpha value is -1.55. The van der Waals surface area contributed by atoms with Gasteiger partial charge in [-0.2, -0.15) is 0 Å². The summed E-state index contributed by atoms with van der Waals surface area (Å²) in [5.41, 5.74) is 2.01. The monoisotopic (exact) mass is 261 g/mol. The molecule has 2 rings (SSSR count). The zero-order valence-electron chi connectivity index (χ0n) is 11.9. The van der Waals surface area contributed by atoms with Crippen LogP contribution in [0.2, 0.25) is 0 Å². The van der Waals surface area contributed by atoms with Crippen LogP contribution in [0, 0.1) is 5.92 Å². The third kappa shape index (κ3) is 3.70. The molecule has 1 fully saturated rings. The quantitative estimate of drug-likeness (QED) is 0.875. The summed E-state index contributed by atoms with van der Waals surface area (Å²) in [7, 11) is 4.01. The standard InChI is InChI=1S/C15H23N3O/c1-11-10-12(8-9-16-11)15(19)17-13-4-6-14(7-5-13)18(2)3/h4-7,11-12,16H,8-10H2,1-3H3,(H,17,19). The number of hydrogen-bond acceptors (Lipinski definition) is 3. The molecule has 2 unspecified atom stereocenters. The van der Waals surface area contributed by atoms with Crippen molar-refractivity contribution in [1.29, 1.82) is 0 Å². The van der Waals surface area contributed by atoms with E-state index >= 15 is 0 Å². The number of amides is 1. The Balaban J connectivity index is 1.94. The third-order valence-corrected chi connectivity index (χ3v) is 3.65. The van der Waals surface area contributed by atoms with Crippen molar-refractivity contribution in [2.45, 2.75) is 25.8 Å². The third-order valence-electron chi connectivity index (χ3n) is 3.65. The van der Waals surface area contributed by atoms with Crippen LogP contribution in [0.1, 0.15) is 19.8 Å². The molecule has 2 atom stereocenters. The number of carbonyl (C=O) groups is 1. The van der Waals surface area contributed by atoms with Crippen LogP contribution in [-0.4, -0.2) is 32.6 Å². The average Bonchev–Trinajstić information content (AvgIpc) is 2.39. The first kappa shape index (κ1) is 13.9. The largest absolute Gasteiger partial charge is 0.378 e. The highest BCUT2D eigenvalue weighted by Gasteiger charge is 2.24. The van der Waals surface area contributed by atoms with Gasteiger partial charge < -0.3 is 15.5 Å². The van der Waals surface area contributed by atoms with Crippen molar-refractivity contribution in [3.63, 3.8) is 0 Å². The predicted octanol–water partition coefficient (Wildman–Crippen LogP) is 2.08. The van der Waals surface area contributed by atoms with Gasteiger partial charge in [-0.15, -0.1) is 0 Å². The zero-order valence-corrected chi connectivity index (χ0v) is 11.9. The second-order valence-corrected chi connectivity index (χ2v) is 5.51. The molecule has 1 heterocycles. The first-order chi connectivity index (χ1) is 9.06. The van der Waals surface area contributed by atoms with Crippen molar-refractivity contribution in [2.24, 2.45) is 5.92 Å². The van der Waals surface area contributed by atoms with Gasteiger partial charge in [0.1, 0.15) is 0 Å². The van der Waals surface area contributed by atoms with Crippen LogP contribution in [-0.2, 0) is 4.79 Å². The molecule has 4 heteroatoms. The maximum Gasteiger partial charge on any atom is 0.227 e. The number of benzene rings is 1. The van der Waals surface area contributed by atoms with E-state index in [4.69, 9.17) is 0 Å². The molecule has 1 aromatic rings. The van der Waals surface area contributed by atoms with Crippen LogP contribution < -0.4 is 15.5 Å². The molecule has 0 aliphatic carbocycles. The van der Waals surface area contributed by atoms with Crippen LogP contribution in [0.25, 0.3) is 0 Å². The topological polar surface area (TPSA) is 44.4 Å². The predicted molar refractivity (Wildman–Crippen MR) is 79.6 cm³/mol. The molecular weight excluding hydrogens is 238 g/mol. The Morgan fingerprint density at radius 3 is 2.58 bits per heavy atom. The van der Waals surface area contributed by atoms with Gasteiger partial charge in [0.05, 0.1) is 0 Å². The molecule has 4 nitrogen and oxygen atoms in total. The molecule has 1 aliphatic heterocycles. The molecule has 104 valence electrons. The SMILES string of the molecule is CC1CC(C(=O)Nc2ccc(N(C)C)cc2)CCN1. The van der Waals surface area contributed by atoms with E-state index < -0.39 is 0 Å². The van der Waals surface area contributed by atoms with Crippen molar-refractivity contribution >= 4 is 17.3 Å². The van der Waals surface area contributed by atoms with Crippen molar-refractivity contribution in [3.05, 3.63) is 24.3 Å². The first-order valence-corrected chi connectivity index (χ1v) is 6.88. The first-order valence-electron chi connectivity index (χ1n) is 6.88. The molecule has 1 amide bonds. The van der Waals surface area contributed by atoms with Gasteiger partial charge in [-0.1, -0.05) is 0 Å². The molecule has 0 aromatic heterocycles. The Morgan fingerprint density at radius 1 is 1.32 bits per heavy atom. The maximum atomic E-state index is 12.2. The summed E-state index contributed by atoms with van der Waals surface area (Å²) in [4.78, 5) is 14.2. The molecular formula is C15H23N3O. The van der Waals surface area contributed by atoms with Gasteiger partial charge in [0.15, 0.2) is 0 Å². The van der Waals surface area contributed by atoms with Crippen LogP contribution in [0.3, 0.4) is 0 Å². The van der Waals surface area contributed by atoms with Crippen LogP contribution >= 0.6 is 0 Å². The molecule has 0 bridgehead atoms. The number of anilines is 2. The lowest BCUT2D eigenvalue weighted by atomic mass is 9.92. The van der Waals surface area contributed by atoms with E-state index in [1.165, 1.54) is 0 Å². The molecule has 1 aromatic carbocycles. The molecule has 2 N–H and O–H groups in total. The maximum absolute atomic E-state index is 12.2. The van der Waals surface area contributed by atoms with E-state index in [9.17, 15) is 4.79 Å². The highest BCUT2D eigenvalue weighted by Crippen LogP contribution is 2.20. The molecule has 0 saturated carbocycles. The molecule has 0 spiro atoms. The number of carbonyl (C=O) groups excluding carboxylic acids is 1. The van der Waals surface area contributed by atoms with Crippen LogP contribution in [0.15, 0.2) is 24.3 Å². The minimum absolute atomic E-state index is 0.129. The van der Waals surface area contributed by atoms with Crippen LogP contribution in [0.5, 0.6) is 0 Å². The highest BCUT2D eigenvalue weighted by molar-refractivity contribution is 5.92. The number of nitrogens with zero attached hydrogens (tertiary/aromatic N) is 1. The summed E-state index contributed by atoms with van der Waals surface area (Å²) in [6.07, 6.45) is 1.84. The summed E-state index contributed by atoms with van der Waals surface area (Å²) in [6.45, 7) is 3.06. The number of nitrogens with one attached hydrogen (secondary N) is 2. The molecule has 1 saturated heterocycles. The molecule has 19 heavy (non-hydrogen) atoms. The van der Waals surface area contributed by atoms with Gasteiger partial charge >= 0.3 is 0 Å². The van der Waals surface area contributed by atoms with Crippen LogP contribution in [0.4, 0.5) is 11.4 Å². The van der Waals surface area contributed by atoms with E-state index in [1.807, 2.05) is 43.3 Å². The van der Waals surface area contributed by atoms with Crippen molar-refractivity contribution in [1.82, 2.24) is 5.32 Å². The fourth-order valence-corrected chi connectivity index (χ4v) is 2.46. The van der Waals surface area contributed by atoms with Crippen molar-refractivity contribution in [3.8, 4) is 0 Å². The molecule has 0 radical (unpaired) electrons. The van der Waals surface area contributed by atoms with Gasteiger partial charge in [-0.3, -0.25) is 4.79 Å². The van der Waals surface area contributed by atoms with Gasteiger partial charge in [0, 0.05) is 37.4 Å². The van der Waals surface area contributed by atoms with Crippen molar-refractivity contribution < 1.29 is 4.79 Å². The van der Waals surface area contributed by atoms with E-state index in [0.717, 1.165) is 30.8 Å². The van der Waals surface area contributed by atoms with E-state index in [-0.39, 0.29) is 11.8 Å². The summed E-state index contributed by atoms with van der Waals surface area (Å²) in [5.74, 6) is 0.274. The lowest BCUT2D eigenvalue weighted by Crippen LogP contribution is -2.40. The summed E-state index contributed by atoms with van der Waals surface area (Å²) in [6, 6.07) is 8.37. The summed E-state index contributed by atoms with van der Waals surface area (Å²) in [5, 5.41) is 6.38. The Bertz CT molecular complexity index is 428. The normalized spacial score (nSPS) is 22.9. The van der Waals surface area contributed by atoms with Gasteiger partial charge in [-0.05, 0) is 50.6 Å². The Morgan fingerprint density at radius 2 is 2.00 bits per heavy atom. The minimum atomic E-state index is 0.129. The smallest absolute Gasteiger partial charge is 0.227 e. The average molecular weight is 261 g/mol. The minimum Gasteiger partial charge on any atom is -0.378 e. The van der Waals surface area contributed by atoms with E-state index in [2.05, 4.69) is 17.6 Å².